The lowest BCUT2D eigenvalue weighted by Crippen LogP contribution is -1.96. The highest BCUT2D eigenvalue weighted by Crippen LogP contribution is 2.31. The second-order valence-corrected chi connectivity index (χ2v) is 5.17. The molecule has 2 rings (SSSR count). The minimum absolute atomic E-state index is 0.530. The Hall–Kier alpha value is -1.32. The Morgan fingerprint density at radius 1 is 1.06 bits per heavy atom. The van der Waals surface area contributed by atoms with Crippen LogP contribution in [0.3, 0.4) is 0 Å². The summed E-state index contributed by atoms with van der Waals surface area (Å²) >= 11 is 3.50. The molecule has 18 heavy (non-hydrogen) atoms. The molecule has 0 aliphatic rings. The van der Waals surface area contributed by atoms with Gasteiger partial charge in [0, 0.05) is 6.54 Å². The molecular formula is C15H16BrNO. The van der Waals surface area contributed by atoms with Gasteiger partial charge in [0.05, 0.1) is 4.47 Å². The maximum atomic E-state index is 5.86. The van der Waals surface area contributed by atoms with Gasteiger partial charge >= 0.3 is 0 Å². The van der Waals surface area contributed by atoms with E-state index < -0.39 is 0 Å². The molecule has 2 nitrogen and oxygen atoms in total. The summed E-state index contributed by atoms with van der Waals surface area (Å²) in [7, 11) is 0. The van der Waals surface area contributed by atoms with Crippen LogP contribution in [0.4, 0.5) is 0 Å². The lowest BCUT2D eigenvalue weighted by atomic mass is 10.1. The van der Waals surface area contributed by atoms with Crippen molar-refractivity contribution in [2.75, 3.05) is 0 Å². The first-order chi connectivity index (χ1) is 8.60. The maximum absolute atomic E-state index is 5.86. The van der Waals surface area contributed by atoms with Gasteiger partial charge in [0.25, 0.3) is 0 Å². The summed E-state index contributed by atoms with van der Waals surface area (Å²) in [6.07, 6.45) is 0. The molecule has 2 aromatic rings. The Morgan fingerprint density at radius 2 is 1.83 bits per heavy atom. The highest BCUT2D eigenvalue weighted by atomic mass is 79.9. The Kier molecular flexibility index (Phi) is 4.04. The average Bonchev–Trinajstić information content (AvgIpc) is 2.36. The monoisotopic (exact) mass is 305 g/mol. The van der Waals surface area contributed by atoms with Crippen LogP contribution in [-0.2, 0) is 6.54 Å². The van der Waals surface area contributed by atoms with Crippen molar-refractivity contribution in [3.8, 4) is 11.5 Å². The molecule has 0 spiro atoms. The zero-order valence-electron chi connectivity index (χ0n) is 10.5. The summed E-state index contributed by atoms with van der Waals surface area (Å²) < 4.78 is 6.78. The van der Waals surface area contributed by atoms with Crippen molar-refractivity contribution in [3.63, 3.8) is 0 Å². The van der Waals surface area contributed by atoms with E-state index in [-0.39, 0.29) is 0 Å². The fourth-order valence-corrected chi connectivity index (χ4v) is 2.17. The Bertz CT molecular complexity index is 566. The summed E-state index contributed by atoms with van der Waals surface area (Å²) in [6, 6.07) is 12.0. The molecule has 94 valence electrons. The summed E-state index contributed by atoms with van der Waals surface area (Å²) in [5.41, 5.74) is 9.16. The van der Waals surface area contributed by atoms with Gasteiger partial charge < -0.3 is 10.5 Å². The second-order valence-electron chi connectivity index (χ2n) is 4.32. The molecule has 0 radical (unpaired) electrons. The van der Waals surface area contributed by atoms with Crippen molar-refractivity contribution in [2.24, 2.45) is 5.73 Å². The average molecular weight is 306 g/mol. The smallest absolute Gasteiger partial charge is 0.141 e. The Morgan fingerprint density at radius 3 is 2.44 bits per heavy atom. The van der Waals surface area contributed by atoms with Crippen LogP contribution >= 0.6 is 15.9 Å². The van der Waals surface area contributed by atoms with Crippen LogP contribution in [0, 0.1) is 13.8 Å². The zero-order valence-corrected chi connectivity index (χ0v) is 12.1. The van der Waals surface area contributed by atoms with Crippen molar-refractivity contribution in [2.45, 2.75) is 20.4 Å². The number of rotatable bonds is 3. The van der Waals surface area contributed by atoms with E-state index in [0.29, 0.717) is 6.54 Å². The van der Waals surface area contributed by atoms with Crippen LogP contribution in [0.15, 0.2) is 40.9 Å². The van der Waals surface area contributed by atoms with Crippen LogP contribution in [0.2, 0.25) is 0 Å². The van der Waals surface area contributed by atoms with Crippen LogP contribution in [0.25, 0.3) is 0 Å². The van der Waals surface area contributed by atoms with E-state index in [1.807, 2.05) is 30.3 Å². The normalized spacial score (nSPS) is 10.4. The third-order valence-corrected chi connectivity index (χ3v) is 3.56. The van der Waals surface area contributed by atoms with Crippen molar-refractivity contribution in [1.82, 2.24) is 0 Å². The number of aryl methyl sites for hydroxylation is 2. The van der Waals surface area contributed by atoms with Gasteiger partial charge in [-0.2, -0.15) is 0 Å². The molecule has 2 N–H and O–H groups in total. The van der Waals surface area contributed by atoms with Gasteiger partial charge in [-0.3, -0.25) is 0 Å². The molecule has 0 fully saturated rings. The Balaban J connectivity index is 2.25. The topological polar surface area (TPSA) is 35.2 Å². The molecule has 0 aromatic heterocycles. The molecule has 0 aliphatic heterocycles. The predicted molar refractivity (Wildman–Crippen MR) is 78.0 cm³/mol. The van der Waals surface area contributed by atoms with Gasteiger partial charge in [0.2, 0.25) is 0 Å². The minimum Gasteiger partial charge on any atom is -0.456 e. The largest absolute Gasteiger partial charge is 0.456 e. The molecule has 0 saturated heterocycles. The molecule has 0 unspecified atom stereocenters. The number of hydrogen-bond acceptors (Lipinski definition) is 2. The molecule has 0 atom stereocenters. The number of hydrogen-bond donors (Lipinski definition) is 1. The molecular weight excluding hydrogens is 290 g/mol. The zero-order chi connectivity index (χ0) is 13.1. The molecule has 0 bridgehead atoms. The van der Waals surface area contributed by atoms with Crippen LogP contribution < -0.4 is 10.5 Å². The van der Waals surface area contributed by atoms with Crippen molar-refractivity contribution in [1.29, 1.82) is 0 Å². The van der Waals surface area contributed by atoms with E-state index >= 15 is 0 Å². The maximum Gasteiger partial charge on any atom is 0.141 e. The third kappa shape index (κ3) is 2.92. The van der Waals surface area contributed by atoms with E-state index in [9.17, 15) is 0 Å². The first-order valence-electron chi connectivity index (χ1n) is 5.84. The Labute approximate surface area is 116 Å². The lowest BCUT2D eigenvalue weighted by molar-refractivity contribution is 0.479. The molecule has 3 heteroatoms. The van der Waals surface area contributed by atoms with E-state index in [0.717, 1.165) is 21.5 Å². The standard InChI is InChI=1S/C15H16BrNO/c1-10-3-5-13(7-11(10)2)18-15-6-4-12(9-17)8-14(15)16/h3-8H,9,17H2,1-2H3. The first-order valence-corrected chi connectivity index (χ1v) is 6.63. The van der Waals surface area contributed by atoms with Crippen molar-refractivity contribution < 1.29 is 4.74 Å². The molecule has 0 aliphatic carbocycles. The van der Waals surface area contributed by atoms with Gasteiger partial charge in [-0.1, -0.05) is 12.1 Å². The van der Waals surface area contributed by atoms with Crippen molar-refractivity contribution >= 4 is 15.9 Å². The highest BCUT2D eigenvalue weighted by Gasteiger charge is 2.04. The second kappa shape index (κ2) is 5.55. The summed E-state index contributed by atoms with van der Waals surface area (Å²) in [5.74, 6) is 1.65. The molecule has 0 amide bonds. The summed E-state index contributed by atoms with van der Waals surface area (Å²) in [4.78, 5) is 0. The van der Waals surface area contributed by atoms with E-state index in [4.69, 9.17) is 10.5 Å². The summed E-state index contributed by atoms with van der Waals surface area (Å²) in [5, 5.41) is 0. The fourth-order valence-electron chi connectivity index (χ4n) is 1.66. The van der Waals surface area contributed by atoms with E-state index in [2.05, 4.69) is 35.8 Å². The number of nitrogens with two attached hydrogens (primary N) is 1. The van der Waals surface area contributed by atoms with Crippen LogP contribution in [-0.4, -0.2) is 0 Å². The highest BCUT2D eigenvalue weighted by molar-refractivity contribution is 9.10. The SMILES string of the molecule is Cc1ccc(Oc2ccc(CN)cc2Br)cc1C. The molecule has 2 aromatic carbocycles. The molecule has 0 saturated carbocycles. The van der Waals surface area contributed by atoms with Gasteiger partial charge in [-0.15, -0.1) is 0 Å². The third-order valence-electron chi connectivity index (χ3n) is 2.94. The van der Waals surface area contributed by atoms with E-state index in [1.165, 1.54) is 11.1 Å². The summed E-state index contributed by atoms with van der Waals surface area (Å²) in [6.45, 7) is 4.70. The number of benzene rings is 2. The lowest BCUT2D eigenvalue weighted by Gasteiger charge is -2.10. The minimum atomic E-state index is 0.530. The molecule has 0 heterocycles. The van der Waals surface area contributed by atoms with Gasteiger partial charge in [-0.25, -0.2) is 0 Å². The predicted octanol–water partition coefficient (Wildman–Crippen LogP) is 4.32. The number of ether oxygens (including phenoxy) is 1. The first kappa shape index (κ1) is 13.1. The van der Waals surface area contributed by atoms with Crippen LogP contribution in [0.5, 0.6) is 11.5 Å². The number of halogens is 1. The fraction of sp³-hybridized carbons (Fsp3) is 0.200. The van der Waals surface area contributed by atoms with Gasteiger partial charge in [-0.05, 0) is 70.7 Å². The van der Waals surface area contributed by atoms with Gasteiger partial charge in [0.15, 0.2) is 0 Å². The van der Waals surface area contributed by atoms with Gasteiger partial charge in [0.1, 0.15) is 11.5 Å². The van der Waals surface area contributed by atoms with E-state index in [1.54, 1.807) is 0 Å². The quantitative estimate of drug-likeness (QED) is 0.916. The van der Waals surface area contributed by atoms with Crippen molar-refractivity contribution in [3.05, 3.63) is 57.6 Å². The van der Waals surface area contributed by atoms with Crippen LogP contribution in [0.1, 0.15) is 16.7 Å².